The standard InChI is InChI=1S/C11H12BrNO4/c12-6-1-2-8(14)7(3-6)11(17)13-4-9(15)10(16)5-13/h1-3,9-10,14-16H,4-5H2. The number of aromatic hydroxyl groups is 1. The molecule has 0 radical (unpaired) electrons. The molecule has 17 heavy (non-hydrogen) atoms. The Labute approximate surface area is 106 Å². The molecule has 0 bridgehead atoms. The quantitative estimate of drug-likeness (QED) is 0.698. The molecule has 2 unspecified atom stereocenters. The zero-order valence-corrected chi connectivity index (χ0v) is 10.5. The van der Waals surface area contributed by atoms with Crippen molar-refractivity contribution >= 4 is 21.8 Å². The lowest BCUT2D eigenvalue weighted by molar-refractivity contribution is 0.0572. The molecule has 1 saturated heterocycles. The van der Waals surface area contributed by atoms with Crippen LogP contribution in [0.4, 0.5) is 0 Å². The summed E-state index contributed by atoms with van der Waals surface area (Å²) < 4.78 is 0.680. The van der Waals surface area contributed by atoms with Crippen molar-refractivity contribution in [3.8, 4) is 5.75 Å². The molecule has 1 aliphatic heterocycles. The Morgan fingerprint density at radius 2 is 1.88 bits per heavy atom. The smallest absolute Gasteiger partial charge is 0.257 e. The summed E-state index contributed by atoms with van der Waals surface area (Å²) in [5, 5.41) is 28.3. The predicted molar refractivity (Wildman–Crippen MR) is 63.7 cm³/mol. The van der Waals surface area contributed by atoms with Gasteiger partial charge in [0.1, 0.15) is 5.75 Å². The molecule has 1 aliphatic rings. The van der Waals surface area contributed by atoms with Gasteiger partial charge >= 0.3 is 0 Å². The van der Waals surface area contributed by atoms with Crippen LogP contribution in [0, 0.1) is 0 Å². The number of hydrogen-bond acceptors (Lipinski definition) is 4. The fourth-order valence-electron chi connectivity index (χ4n) is 1.79. The highest BCUT2D eigenvalue weighted by Gasteiger charge is 2.33. The number of rotatable bonds is 1. The van der Waals surface area contributed by atoms with Crippen LogP contribution < -0.4 is 0 Å². The first-order chi connectivity index (χ1) is 7.99. The molecule has 92 valence electrons. The maximum Gasteiger partial charge on any atom is 0.257 e. The Balaban J connectivity index is 2.23. The van der Waals surface area contributed by atoms with Gasteiger partial charge in [0.15, 0.2) is 0 Å². The highest BCUT2D eigenvalue weighted by molar-refractivity contribution is 9.10. The summed E-state index contributed by atoms with van der Waals surface area (Å²) >= 11 is 3.22. The molecule has 3 N–H and O–H groups in total. The number of aliphatic hydroxyl groups excluding tert-OH is 2. The highest BCUT2D eigenvalue weighted by atomic mass is 79.9. The lowest BCUT2D eigenvalue weighted by Gasteiger charge is -2.16. The van der Waals surface area contributed by atoms with Gasteiger partial charge in [-0.1, -0.05) is 15.9 Å². The number of aliphatic hydroxyl groups is 2. The van der Waals surface area contributed by atoms with E-state index in [2.05, 4.69) is 15.9 Å². The summed E-state index contributed by atoms with van der Waals surface area (Å²) in [6.07, 6.45) is -1.85. The number of β-amino-alcohol motifs (C(OH)–C–C–N with tert-alkyl or cyclic N) is 2. The van der Waals surface area contributed by atoms with Crippen LogP contribution in [0.2, 0.25) is 0 Å². The predicted octanol–water partition coefficient (Wildman–Crippen LogP) is 0.332. The van der Waals surface area contributed by atoms with Gasteiger partial charge in [0.25, 0.3) is 5.91 Å². The van der Waals surface area contributed by atoms with E-state index < -0.39 is 18.1 Å². The first-order valence-electron chi connectivity index (χ1n) is 5.13. The van der Waals surface area contributed by atoms with Crippen molar-refractivity contribution in [2.24, 2.45) is 0 Å². The number of benzene rings is 1. The van der Waals surface area contributed by atoms with Gasteiger partial charge in [-0.25, -0.2) is 0 Å². The molecule has 0 aliphatic carbocycles. The number of carbonyl (C=O) groups excluding carboxylic acids is 1. The summed E-state index contributed by atoms with van der Waals surface area (Å²) in [5.41, 5.74) is 0.153. The lowest BCUT2D eigenvalue weighted by atomic mass is 10.2. The minimum atomic E-state index is -0.923. The third-order valence-corrected chi connectivity index (χ3v) is 3.23. The normalized spacial score (nSPS) is 24.1. The molecule has 1 aromatic rings. The van der Waals surface area contributed by atoms with Crippen molar-refractivity contribution in [1.29, 1.82) is 0 Å². The van der Waals surface area contributed by atoms with Crippen LogP contribution in [0.15, 0.2) is 22.7 Å². The van der Waals surface area contributed by atoms with Gasteiger partial charge in [0.05, 0.1) is 17.8 Å². The van der Waals surface area contributed by atoms with Crippen molar-refractivity contribution in [2.45, 2.75) is 12.2 Å². The number of amides is 1. The first kappa shape index (κ1) is 12.3. The maximum atomic E-state index is 12.0. The van der Waals surface area contributed by atoms with Crippen LogP contribution in [-0.2, 0) is 0 Å². The van der Waals surface area contributed by atoms with Crippen LogP contribution in [-0.4, -0.2) is 51.4 Å². The average molecular weight is 302 g/mol. The number of phenolic OH excluding ortho intramolecular Hbond substituents is 1. The molecule has 1 aromatic carbocycles. The van der Waals surface area contributed by atoms with Gasteiger partial charge in [0.2, 0.25) is 0 Å². The highest BCUT2D eigenvalue weighted by Crippen LogP contribution is 2.24. The molecule has 0 saturated carbocycles. The summed E-state index contributed by atoms with van der Waals surface area (Å²) in [5.74, 6) is -0.520. The second-order valence-corrected chi connectivity index (χ2v) is 4.92. The van der Waals surface area contributed by atoms with Gasteiger partial charge in [0, 0.05) is 17.6 Å². The Hall–Kier alpha value is -1.11. The summed E-state index contributed by atoms with van der Waals surface area (Å²) in [6, 6.07) is 4.55. The van der Waals surface area contributed by atoms with Crippen molar-refractivity contribution < 1.29 is 20.1 Å². The number of carbonyl (C=O) groups is 1. The van der Waals surface area contributed by atoms with Crippen LogP contribution in [0.1, 0.15) is 10.4 Å². The number of halogens is 1. The van der Waals surface area contributed by atoms with Crippen LogP contribution in [0.3, 0.4) is 0 Å². The van der Waals surface area contributed by atoms with E-state index in [1.165, 1.54) is 17.0 Å². The lowest BCUT2D eigenvalue weighted by Crippen LogP contribution is -2.29. The number of likely N-dealkylation sites (tertiary alicyclic amines) is 1. The van der Waals surface area contributed by atoms with E-state index in [1.54, 1.807) is 6.07 Å². The SMILES string of the molecule is O=C(c1cc(Br)ccc1O)N1CC(O)C(O)C1. The van der Waals surface area contributed by atoms with Crippen molar-refractivity contribution in [1.82, 2.24) is 4.90 Å². The van der Waals surface area contributed by atoms with Gasteiger partial charge in [-0.05, 0) is 18.2 Å². The van der Waals surface area contributed by atoms with Crippen molar-refractivity contribution in [3.63, 3.8) is 0 Å². The van der Waals surface area contributed by atoms with Crippen LogP contribution in [0.5, 0.6) is 5.75 Å². The number of phenols is 1. The summed E-state index contributed by atoms with van der Waals surface area (Å²) in [6.45, 7) is 0.151. The fourth-order valence-corrected chi connectivity index (χ4v) is 2.15. The molecule has 0 spiro atoms. The third kappa shape index (κ3) is 2.43. The van der Waals surface area contributed by atoms with Crippen molar-refractivity contribution in [3.05, 3.63) is 28.2 Å². The Morgan fingerprint density at radius 3 is 2.47 bits per heavy atom. The molecule has 0 aromatic heterocycles. The topological polar surface area (TPSA) is 81.0 Å². The van der Waals surface area contributed by atoms with E-state index >= 15 is 0 Å². The molecule has 6 heteroatoms. The maximum absolute atomic E-state index is 12.0. The summed E-state index contributed by atoms with van der Waals surface area (Å²) in [4.78, 5) is 13.4. The Morgan fingerprint density at radius 1 is 1.29 bits per heavy atom. The molecule has 1 heterocycles. The first-order valence-corrected chi connectivity index (χ1v) is 5.92. The second-order valence-electron chi connectivity index (χ2n) is 4.01. The molecule has 2 rings (SSSR count). The molecule has 5 nitrogen and oxygen atoms in total. The number of nitrogens with zero attached hydrogens (tertiary/aromatic N) is 1. The van der Waals surface area contributed by atoms with Gasteiger partial charge in [-0.3, -0.25) is 4.79 Å². The van der Waals surface area contributed by atoms with E-state index in [1.807, 2.05) is 0 Å². The second kappa shape index (κ2) is 4.64. The number of hydrogen-bond donors (Lipinski definition) is 3. The fraction of sp³-hybridized carbons (Fsp3) is 0.364. The zero-order chi connectivity index (χ0) is 12.6. The molecular formula is C11H12BrNO4. The largest absolute Gasteiger partial charge is 0.507 e. The Bertz CT molecular complexity index is 441. The summed E-state index contributed by atoms with van der Waals surface area (Å²) in [7, 11) is 0. The zero-order valence-electron chi connectivity index (χ0n) is 8.88. The van der Waals surface area contributed by atoms with Gasteiger partial charge in [-0.15, -0.1) is 0 Å². The minimum absolute atomic E-state index is 0.0754. The molecular weight excluding hydrogens is 290 g/mol. The molecule has 2 atom stereocenters. The molecule has 1 amide bonds. The average Bonchev–Trinajstić information content (AvgIpc) is 2.62. The van der Waals surface area contributed by atoms with Crippen LogP contribution in [0.25, 0.3) is 0 Å². The van der Waals surface area contributed by atoms with Crippen molar-refractivity contribution in [2.75, 3.05) is 13.1 Å². The minimum Gasteiger partial charge on any atom is -0.507 e. The molecule has 1 fully saturated rings. The monoisotopic (exact) mass is 301 g/mol. The van der Waals surface area contributed by atoms with E-state index in [0.717, 1.165) is 0 Å². The van der Waals surface area contributed by atoms with E-state index in [9.17, 15) is 20.1 Å². The Kier molecular flexibility index (Phi) is 3.37. The van der Waals surface area contributed by atoms with Gasteiger partial charge < -0.3 is 20.2 Å². The van der Waals surface area contributed by atoms with E-state index in [4.69, 9.17) is 0 Å². The van der Waals surface area contributed by atoms with E-state index in [0.29, 0.717) is 4.47 Å². The van der Waals surface area contributed by atoms with Gasteiger partial charge in [-0.2, -0.15) is 0 Å². The van der Waals surface area contributed by atoms with E-state index in [-0.39, 0.29) is 24.4 Å². The van der Waals surface area contributed by atoms with Crippen LogP contribution >= 0.6 is 15.9 Å². The third-order valence-electron chi connectivity index (χ3n) is 2.74.